The highest BCUT2D eigenvalue weighted by atomic mass is 32.2. The van der Waals surface area contributed by atoms with E-state index in [2.05, 4.69) is 9.97 Å². The van der Waals surface area contributed by atoms with Crippen LogP contribution in [0.4, 0.5) is 0 Å². The molecule has 1 fully saturated rings. The van der Waals surface area contributed by atoms with Gasteiger partial charge in [-0.2, -0.15) is 0 Å². The first kappa shape index (κ1) is 16.9. The van der Waals surface area contributed by atoms with Crippen molar-refractivity contribution >= 4 is 15.8 Å². The lowest BCUT2D eigenvalue weighted by Gasteiger charge is -2.28. The van der Waals surface area contributed by atoms with Crippen molar-refractivity contribution < 1.29 is 17.9 Å². The molecule has 1 saturated carbocycles. The number of aromatic nitrogens is 2. The maximum absolute atomic E-state index is 12.2. The number of hydrogen-bond donors (Lipinski definition) is 0. The molecule has 1 aromatic rings. The van der Waals surface area contributed by atoms with Crippen molar-refractivity contribution in [3.8, 4) is 0 Å². The maximum Gasteiger partial charge on any atom is 0.317 e. The van der Waals surface area contributed by atoms with Crippen LogP contribution < -0.4 is 0 Å². The highest BCUT2D eigenvalue weighted by molar-refractivity contribution is 7.91. The van der Waals surface area contributed by atoms with E-state index >= 15 is 0 Å². The minimum absolute atomic E-state index is 0.170. The predicted molar refractivity (Wildman–Crippen MR) is 82.0 cm³/mol. The minimum atomic E-state index is -3.18. The van der Waals surface area contributed by atoms with Crippen LogP contribution >= 0.6 is 0 Å². The van der Waals surface area contributed by atoms with Crippen LogP contribution in [0.15, 0.2) is 12.3 Å². The lowest BCUT2D eigenvalue weighted by molar-refractivity contribution is -0.148. The number of sulfone groups is 1. The maximum atomic E-state index is 12.2. The van der Waals surface area contributed by atoms with E-state index in [1.165, 1.54) is 13.3 Å². The Morgan fingerprint density at radius 3 is 2.50 bits per heavy atom. The zero-order chi connectivity index (χ0) is 16.4. The third kappa shape index (κ3) is 3.14. The molecule has 122 valence electrons. The third-order valence-electron chi connectivity index (χ3n) is 4.34. The van der Waals surface area contributed by atoms with Crippen LogP contribution in [0.25, 0.3) is 0 Å². The zero-order valence-electron chi connectivity index (χ0n) is 13.2. The average molecular weight is 326 g/mol. The van der Waals surface area contributed by atoms with E-state index in [9.17, 15) is 13.2 Å². The fourth-order valence-corrected chi connectivity index (χ4v) is 4.25. The molecule has 7 heteroatoms. The summed E-state index contributed by atoms with van der Waals surface area (Å²) in [5.74, 6) is -0.275. The van der Waals surface area contributed by atoms with E-state index in [4.69, 9.17) is 4.74 Å². The van der Waals surface area contributed by atoms with Gasteiger partial charge < -0.3 is 4.74 Å². The van der Waals surface area contributed by atoms with Crippen molar-refractivity contribution in [1.82, 2.24) is 9.97 Å². The standard InChI is InChI=1S/C15H22N2O4S/c1-4-15(5-2,14(18)21-3)12-8-9-16-13(17-12)10-22(19,20)11-6-7-11/h8-9,11H,4-7,10H2,1-3H3. The molecule has 1 aliphatic rings. The molecule has 0 unspecified atom stereocenters. The Morgan fingerprint density at radius 2 is 2.00 bits per heavy atom. The number of esters is 1. The third-order valence-corrected chi connectivity index (χ3v) is 6.49. The topological polar surface area (TPSA) is 86.2 Å². The summed E-state index contributed by atoms with van der Waals surface area (Å²) in [6.45, 7) is 3.78. The van der Waals surface area contributed by atoms with E-state index in [0.29, 0.717) is 18.5 Å². The quantitative estimate of drug-likeness (QED) is 0.710. The predicted octanol–water partition coefficient (Wildman–Crippen LogP) is 1.78. The first-order valence-corrected chi connectivity index (χ1v) is 9.23. The normalized spacial score (nSPS) is 15.6. The highest BCUT2D eigenvalue weighted by Gasteiger charge is 2.40. The van der Waals surface area contributed by atoms with Gasteiger partial charge in [0.15, 0.2) is 9.84 Å². The van der Waals surface area contributed by atoms with Gasteiger partial charge in [0.05, 0.1) is 18.1 Å². The van der Waals surface area contributed by atoms with Gasteiger partial charge in [-0.15, -0.1) is 0 Å². The minimum Gasteiger partial charge on any atom is -0.468 e. The van der Waals surface area contributed by atoms with E-state index in [-0.39, 0.29) is 22.8 Å². The molecule has 1 aromatic heterocycles. The molecular formula is C15H22N2O4S. The van der Waals surface area contributed by atoms with Crippen molar-refractivity contribution in [3.63, 3.8) is 0 Å². The van der Waals surface area contributed by atoms with Crippen molar-refractivity contribution in [2.24, 2.45) is 0 Å². The Labute approximate surface area is 131 Å². The van der Waals surface area contributed by atoms with Gasteiger partial charge in [0.25, 0.3) is 0 Å². The second-order valence-electron chi connectivity index (χ2n) is 5.65. The second kappa shape index (κ2) is 6.32. The monoisotopic (exact) mass is 326 g/mol. The van der Waals surface area contributed by atoms with Crippen LogP contribution in [0.5, 0.6) is 0 Å². The smallest absolute Gasteiger partial charge is 0.317 e. The summed E-state index contributed by atoms with van der Waals surface area (Å²) < 4.78 is 29.1. The summed E-state index contributed by atoms with van der Waals surface area (Å²) in [6, 6.07) is 1.66. The fourth-order valence-electron chi connectivity index (χ4n) is 2.66. The van der Waals surface area contributed by atoms with Gasteiger partial charge >= 0.3 is 5.97 Å². The van der Waals surface area contributed by atoms with Gasteiger partial charge in [0, 0.05) is 6.20 Å². The molecule has 0 N–H and O–H groups in total. The van der Waals surface area contributed by atoms with Crippen molar-refractivity contribution in [1.29, 1.82) is 0 Å². The van der Waals surface area contributed by atoms with E-state index in [0.717, 1.165) is 12.8 Å². The van der Waals surface area contributed by atoms with Gasteiger partial charge in [-0.1, -0.05) is 13.8 Å². The zero-order valence-corrected chi connectivity index (χ0v) is 14.0. The molecule has 0 spiro atoms. The lowest BCUT2D eigenvalue weighted by Crippen LogP contribution is -2.37. The van der Waals surface area contributed by atoms with Gasteiger partial charge in [-0.25, -0.2) is 18.4 Å². The van der Waals surface area contributed by atoms with Crippen LogP contribution in [0.2, 0.25) is 0 Å². The molecule has 2 rings (SSSR count). The molecule has 0 amide bonds. The summed E-state index contributed by atoms with van der Waals surface area (Å²) in [4.78, 5) is 20.6. The second-order valence-corrected chi connectivity index (χ2v) is 7.93. The number of ether oxygens (including phenoxy) is 1. The molecule has 6 nitrogen and oxygen atoms in total. The summed E-state index contributed by atoms with van der Waals surface area (Å²) in [7, 11) is -1.83. The molecule has 1 aliphatic carbocycles. The first-order valence-electron chi connectivity index (χ1n) is 7.52. The molecule has 0 bridgehead atoms. The Morgan fingerprint density at radius 1 is 1.36 bits per heavy atom. The van der Waals surface area contributed by atoms with Crippen LogP contribution in [0.3, 0.4) is 0 Å². The van der Waals surface area contributed by atoms with Gasteiger partial charge in [0.2, 0.25) is 0 Å². The van der Waals surface area contributed by atoms with Crippen molar-refractivity contribution in [2.45, 2.75) is 55.9 Å². The molecule has 0 radical (unpaired) electrons. The average Bonchev–Trinajstić information content (AvgIpc) is 3.34. The SMILES string of the molecule is CCC(CC)(C(=O)OC)c1ccnc(CS(=O)(=O)C2CC2)n1. The van der Waals surface area contributed by atoms with Crippen LogP contribution in [0, 0.1) is 0 Å². The van der Waals surface area contributed by atoms with Crippen LogP contribution in [-0.2, 0) is 30.5 Å². The number of methoxy groups -OCH3 is 1. The lowest BCUT2D eigenvalue weighted by atomic mass is 9.79. The van der Waals surface area contributed by atoms with Crippen molar-refractivity contribution in [3.05, 3.63) is 23.8 Å². The summed E-state index contributed by atoms with van der Waals surface area (Å²) in [6.07, 6.45) is 4.02. The van der Waals surface area contributed by atoms with Crippen LogP contribution in [-0.4, -0.2) is 36.7 Å². The number of hydrogen-bond acceptors (Lipinski definition) is 6. The number of nitrogens with zero attached hydrogens (tertiary/aromatic N) is 2. The Kier molecular flexibility index (Phi) is 4.84. The number of carbonyl (C=O) groups excluding carboxylic acids is 1. The fraction of sp³-hybridized carbons (Fsp3) is 0.667. The Bertz CT molecular complexity index is 649. The van der Waals surface area contributed by atoms with E-state index in [1.54, 1.807) is 6.07 Å². The largest absolute Gasteiger partial charge is 0.468 e. The molecule has 0 saturated heterocycles. The summed E-state index contributed by atoms with van der Waals surface area (Å²) in [5.41, 5.74) is -0.323. The number of rotatable bonds is 7. The Hall–Kier alpha value is -1.50. The van der Waals surface area contributed by atoms with Gasteiger partial charge in [0.1, 0.15) is 17.0 Å². The molecule has 0 atom stereocenters. The van der Waals surface area contributed by atoms with E-state index in [1.807, 2.05) is 13.8 Å². The molecule has 0 aromatic carbocycles. The Balaban J connectivity index is 2.35. The van der Waals surface area contributed by atoms with Crippen molar-refractivity contribution in [2.75, 3.05) is 7.11 Å². The van der Waals surface area contributed by atoms with Gasteiger partial charge in [-0.3, -0.25) is 4.79 Å². The molecule has 0 aliphatic heterocycles. The summed E-state index contributed by atoms with van der Waals surface area (Å²) >= 11 is 0. The first-order chi connectivity index (χ1) is 10.4. The van der Waals surface area contributed by atoms with Crippen LogP contribution in [0.1, 0.15) is 51.0 Å². The molecular weight excluding hydrogens is 304 g/mol. The summed E-state index contributed by atoms with van der Waals surface area (Å²) in [5, 5.41) is -0.248. The molecule has 22 heavy (non-hydrogen) atoms. The highest BCUT2D eigenvalue weighted by Crippen LogP contribution is 2.33. The number of carbonyl (C=O) groups is 1. The molecule has 1 heterocycles. The van der Waals surface area contributed by atoms with Gasteiger partial charge in [-0.05, 0) is 31.7 Å². The van der Waals surface area contributed by atoms with E-state index < -0.39 is 15.3 Å².